The van der Waals surface area contributed by atoms with Gasteiger partial charge >= 0.3 is 0 Å². The van der Waals surface area contributed by atoms with E-state index in [4.69, 9.17) is 0 Å². The van der Waals surface area contributed by atoms with Crippen molar-refractivity contribution in [2.75, 3.05) is 13.1 Å². The molecule has 144 valence electrons. The van der Waals surface area contributed by atoms with Crippen molar-refractivity contribution in [1.29, 1.82) is 0 Å². The number of aromatic nitrogens is 4. The lowest BCUT2D eigenvalue weighted by Crippen LogP contribution is -2.39. The van der Waals surface area contributed by atoms with Crippen LogP contribution in [0.5, 0.6) is 0 Å². The third-order valence-corrected chi connectivity index (χ3v) is 5.26. The predicted molar refractivity (Wildman–Crippen MR) is 108 cm³/mol. The molecule has 6 heteroatoms. The number of aryl methyl sites for hydroxylation is 2. The maximum absolute atomic E-state index is 12.7. The maximum atomic E-state index is 12.7. The summed E-state index contributed by atoms with van der Waals surface area (Å²) >= 11 is 0. The van der Waals surface area contributed by atoms with Crippen molar-refractivity contribution in [1.82, 2.24) is 24.8 Å². The van der Waals surface area contributed by atoms with Gasteiger partial charge in [0, 0.05) is 43.5 Å². The van der Waals surface area contributed by atoms with Crippen molar-refractivity contribution in [2.45, 2.75) is 38.5 Å². The number of nitrogens with one attached hydrogen (secondary N) is 1. The number of hydrogen-bond acceptors (Lipinski definition) is 4. The Morgan fingerprint density at radius 1 is 1.25 bits per heavy atom. The predicted octanol–water partition coefficient (Wildman–Crippen LogP) is 3.51. The zero-order chi connectivity index (χ0) is 19.3. The molecule has 1 aliphatic heterocycles. The number of piperidine rings is 1. The van der Waals surface area contributed by atoms with E-state index in [9.17, 15) is 4.79 Å². The molecule has 1 amide bonds. The minimum atomic E-state index is 0.227. The Hall–Kier alpha value is -3.02. The standard InChI is InChI=1S/C22H25N5O/c1-16-25-19(14-20(26-16)22-23-11-12-24-22)18-8-5-13-27(15-18)21(28)10-9-17-6-3-2-4-7-17/h2-4,6-7,11-12,14,18H,5,8-10,13,15H2,1H3,(H,23,24). The van der Waals surface area contributed by atoms with Crippen molar-refractivity contribution in [2.24, 2.45) is 0 Å². The van der Waals surface area contributed by atoms with Crippen LogP contribution in [0.2, 0.25) is 0 Å². The van der Waals surface area contributed by atoms with Crippen LogP contribution in [0.1, 0.15) is 42.3 Å². The number of carbonyl (C=O) groups is 1. The lowest BCUT2D eigenvalue weighted by molar-refractivity contribution is -0.132. The van der Waals surface area contributed by atoms with Crippen LogP contribution >= 0.6 is 0 Å². The number of imidazole rings is 1. The Morgan fingerprint density at radius 2 is 2.11 bits per heavy atom. The van der Waals surface area contributed by atoms with E-state index in [-0.39, 0.29) is 11.8 Å². The molecule has 1 aliphatic rings. The number of amides is 1. The van der Waals surface area contributed by atoms with Gasteiger partial charge in [-0.25, -0.2) is 15.0 Å². The number of aromatic amines is 1. The van der Waals surface area contributed by atoms with Crippen LogP contribution in [-0.4, -0.2) is 43.8 Å². The molecule has 2 aromatic heterocycles. The highest BCUT2D eigenvalue weighted by Crippen LogP contribution is 2.28. The van der Waals surface area contributed by atoms with E-state index in [1.165, 1.54) is 5.56 Å². The molecule has 4 rings (SSSR count). The van der Waals surface area contributed by atoms with Crippen LogP contribution in [0.25, 0.3) is 11.5 Å². The molecule has 1 unspecified atom stereocenters. The summed E-state index contributed by atoms with van der Waals surface area (Å²) in [6, 6.07) is 12.2. The van der Waals surface area contributed by atoms with Crippen LogP contribution in [0.4, 0.5) is 0 Å². The van der Waals surface area contributed by atoms with E-state index < -0.39 is 0 Å². The lowest BCUT2D eigenvalue weighted by atomic mass is 9.93. The molecular weight excluding hydrogens is 350 g/mol. The highest BCUT2D eigenvalue weighted by Gasteiger charge is 2.26. The average molecular weight is 375 g/mol. The Bertz CT molecular complexity index is 923. The van der Waals surface area contributed by atoms with E-state index >= 15 is 0 Å². The summed E-state index contributed by atoms with van der Waals surface area (Å²) in [6.07, 6.45) is 6.89. The molecule has 1 fully saturated rings. The van der Waals surface area contributed by atoms with Crippen molar-refractivity contribution in [3.05, 3.63) is 65.9 Å². The van der Waals surface area contributed by atoms with Gasteiger partial charge in [0.05, 0.1) is 0 Å². The number of carbonyl (C=O) groups excluding carboxylic acids is 1. The van der Waals surface area contributed by atoms with E-state index in [1.807, 2.05) is 36.1 Å². The van der Waals surface area contributed by atoms with Crippen molar-refractivity contribution < 1.29 is 4.79 Å². The molecular formula is C22H25N5O. The molecule has 6 nitrogen and oxygen atoms in total. The first-order chi connectivity index (χ1) is 13.7. The van der Waals surface area contributed by atoms with Gasteiger partial charge in [0.1, 0.15) is 11.5 Å². The molecule has 1 saturated heterocycles. The van der Waals surface area contributed by atoms with Crippen molar-refractivity contribution >= 4 is 5.91 Å². The number of likely N-dealkylation sites (tertiary alicyclic amines) is 1. The topological polar surface area (TPSA) is 74.8 Å². The van der Waals surface area contributed by atoms with E-state index in [2.05, 4.69) is 32.1 Å². The Balaban J connectivity index is 1.44. The fraction of sp³-hybridized carbons (Fsp3) is 0.364. The first kappa shape index (κ1) is 18.3. The third-order valence-electron chi connectivity index (χ3n) is 5.26. The van der Waals surface area contributed by atoms with Crippen molar-refractivity contribution in [3.8, 4) is 11.5 Å². The molecule has 0 saturated carbocycles. The normalized spacial score (nSPS) is 16.9. The summed E-state index contributed by atoms with van der Waals surface area (Å²) in [7, 11) is 0. The van der Waals surface area contributed by atoms with Gasteiger partial charge in [-0.1, -0.05) is 30.3 Å². The zero-order valence-corrected chi connectivity index (χ0v) is 16.1. The fourth-order valence-corrected chi connectivity index (χ4v) is 3.83. The minimum absolute atomic E-state index is 0.227. The Kier molecular flexibility index (Phi) is 5.46. The van der Waals surface area contributed by atoms with Gasteiger partial charge in [-0.2, -0.15) is 0 Å². The van der Waals surface area contributed by atoms with Crippen LogP contribution in [0, 0.1) is 6.92 Å². The third kappa shape index (κ3) is 4.27. The SMILES string of the molecule is Cc1nc(-c2ncc[nH]2)cc(C2CCCN(C(=O)CCc3ccccc3)C2)n1. The van der Waals surface area contributed by atoms with Gasteiger partial charge < -0.3 is 9.88 Å². The van der Waals surface area contributed by atoms with Crippen LogP contribution in [0.15, 0.2) is 48.8 Å². The number of nitrogens with zero attached hydrogens (tertiary/aromatic N) is 4. The average Bonchev–Trinajstić information content (AvgIpc) is 3.27. The lowest BCUT2D eigenvalue weighted by Gasteiger charge is -2.32. The number of benzene rings is 1. The van der Waals surface area contributed by atoms with Gasteiger partial charge in [0.15, 0.2) is 5.82 Å². The summed E-state index contributed by atoms with van der Waals surface area (Å²) < 4.78 is 0. The summed E-state index contributed by atoms with van der Waals surface area (Å²) in [4.78, 5) is 31.3. The largest absolute Gasteiger partial charge is 0.343 e. The minimum Gasteiger partial charge on any atom is -0.343 e. The first-order valence-corrected chi connectivity index (χ1v) is 9.86. The second-order valence-electron chi connectivity index (χ2n) is 7.33. The Morgan fingerprint density at radius 3 is 2.89 bits per heavy atom. The molecule has 0 radical (unpaired) electrons. The van der Waals surface area contributed by atoms with E-state index in [1.54, 1.807) is 12.4 Å². The van der Waals surface area contributed by atoms with Crippen LogP contribution < -0.4 is 0 Å². The smallest absolute Gasteiger partial charge is 0.222 e. The molecule has 3 heterocycles. The molecule has 0 spiro atoms. The zero-order valence-electron chi connectivity index (χ0n) is 16.1. The van der Waals surface area contributed by atoms with Gasteiger partial charge in [0.2, 0.25) is 5.91 Å². The number of hydrogen-bond donors (Lipinski definition) is 1. The highest BCUT2D eigenvalue weighted by atomic mass is 16.2. The van der Waals surface area contributed by atoms with E-state index in [0.717, 1.165) is 55.4 Å². The molecule has 1 N–H and O–H groups in total. The number of rotatable bonds is 5. The van der Waals surface area contributed by atoms with Gasteiger partial charge in [0.25, 0.3) is 0 Å². The second kappa shape index (κ2) is 8.33. The molecule has 3 aromatic rings. The molecule has 1 atom stereocenters. The van der Waals surface area contributed by atoms with Gasteiger partial charge in [-0.15, -0.1) is 0 Å². The molecule has 0 bridgehead atoms. The van der Waals surface area contributed by atoms with E-state index in [0.29, 0.717) is 6.42 Å². The summed E-state index contributed by atoms with van der Waals surface area (Å²) in [5, 5.41) is 0. The maximum Gasteiger partial charge on any atom is 0.222 e. The molecule has 28 heavy (non-hydrogen) atoms. The first-order valence-electron chi connectivity index (χ1n) is 9.86. The Labute approximate surface area is 165 Å². The summed E-state index contributed by atoms with van der Waals surface area (Å²) in [5.41, 5.74) is 3.01. The van der Waals surface area contributed by atoms with Crippen LogP contribution in [-0.2, 0) is 11.2 Å². The van der Waals surface area contributed by atoms with Crippen molar-refractivity contribution in [3.63, 3.8) is 0 Å². The second-order valence-corrected chi connectivity index (χ2v) is 7.33. The highest BCUT2D eigenvalue weighted by molar-refractivity contribution is 5.76. The molecule has 1 aromatic carbocycles. The van der Waals surface area contributed by atoms with Crippen LogP contribution in [0.3, 0.4) is 0 Å². The summed E-state index contributed by atoms with van der Waals surface area (Å²) in [6.45, 7) is 3.46. The summed E-state index contributed by atoms with van der Waals surface area (Å²) in [5.74, 6) is 1.95. The molecule has 0 aliphatic carbocycles. The fourth-order valence-electron chi connectivity index (χ4n) is 3.83. The van der Waals surface area contributed by atoms with Gasteiger partial charge in [-0.05, 0) is 37.8 Å². The van der Waals surface area contributed by atoms with Gasteiger partial charge in [-0.3, -0.25) is 4.79 Å². The number of H-pyrrole nitrogens is 1. The monoisotopic (exact) mass is 375 g/mol. The quantitative estimate of drug-likeness (QED) is 0.740.